The Hall–Kier alpha value is -2.25. The highest BCUT2D eigenvalue weighted by molar-refractivity contribution is 6.35. The third kappa shape index (κ3) is 7.03. The average molecular weight is 613 g/mol. The second kappa shape index (κ2) is 12.7. The van der Waals surface area contributed by atoms with Crippen molar-refractivity contribution in [3.8, 4) is 0 Å². The molecule has 2 unspecified atom stereocenters. The van der Waals surface area contributed by atoms with Gasteiger partial charge in [0.15, 0.2) is 6.04 Å². The smallest absolute Gasteiger partial charge is 0.269 e. The highest BCUT2D eigenvalue weighted by Gasteiger charge is 2.24. The SMILES string of the molecule is Cc1c(Cl)cccc1NC(=O)C(C)n1cc[n+](CC(OCc2ccc(Cl)cc2Cl)c2ccc(Cl)cc2Cl)c1. The minimum absolute atomic E-state index is 0.163. The van der Waals surface area contributed by atoms with E-state index in [0.717, 1.165) is 16.7 Å². The molecule has 1 N–H and O–H groups in total. The number of carbonyl (C=O) groups excluding carboxylic acids is 1. The zero-order valence-electron chi connectivity index (χ0n) is 20.6. The van der Waals surface area contributed by atoms with Gasteiger partial charge in [-0.1, -0.05) is 76.2 Å². The highest BCUT2D eigenvalue weighted by atomic mass is 35.5. The number of rotatable bonds is 9. The van der Waals surface area contributed by atoms with E-state index in [0.29, 0.717) is 37.3 Å². The van der Waals surface area contributed by atoms with E-state index in [1.54, 1.807) is 36.4 Å². The molecular weight excluding hydrogens is 588 g/mol. The fourth-order valence-electron chi connectivity index (χ4n) is 3.89. The predicted molar refractivity (Wildman–Crippen MR) is 155 cm³/mol. The van der Waals surface area contributed by atoms with Crippen LogP contribution < -0.4 is 9.88 Å². The molecule has 3 aromatic carbocycles. The van der Waals surface area contributed by atoms with Gasteiger partial charge in [-0.2, -0.15) is 0 Å². The lowest BCUT2D eigenvalue weighted by molar-refractivity contribution is -0.705. The van der Waals surface area contributed by atoms with Gasteiger partial charge >= 0.3 is 0 Å². The minimum atomic E-state index is -0.471. The number of hydrogen-bond acceptors (Lipinski definition) is 2. The van der Waals surface area contributed by atoms with Crippen molar-refractivity contribution in [3.05, 3.63) is 115 Å². The van der Waals surface area contributed by atoms with Crippen LogP contribution in [0.4, 0.5) is 5.69 Å². The normalized spacial score (nSPS) is 12.8. The third-order valence-corrected chi connectivity index (χ3v) is 7.76. The largest absolute Gasteiger partial charge is 0.365 e. The molecule has 1 amide bonds. The summed E-state index contributed by atoms with van der Waals surface area (Å²) in [6.45, 7) is 4.37. The second-order valence-corrected chi connectivity index (χ2v) is 10.9. The topological polar surface area (TPSA) is 47.1 Å². The van der Waals surface area contributed by atoms with E-state index in [-0.39, 0.29) is 12.5 Å². The summed E-state index contributed by atoms with van der Waals surface area (Å²) >= 11 is 31.2. The van der Waals surface area contributed by atoms with Crippen LogP contribution in [0.15, 0.2) is 73.3 Å². The van der Waals surface area contributed by atoms with Crippen molar-refractivity contribution < 1.29 is 14.1 Å². The van der Waals surface area contributed by atoms with Crippen LogP contribution in [0.2, 0.25) is 25.1 Å². The quantitative estimate of drug-likeness (QED) is 0.193. The Labute approximate surface area is 246 Å². The number of carbonyl (C=O) groups is 1. The number of anilines is 1. The lowest BCUT2D eigenvalue weighted by atomic mass is 10.1. The van der Waals surface area contributed by atoms with Crippen LogP contribution in [0, 0.1) is 6.92 Å². The number of aromatic nitrogens is 2. The van der Waals surface area contributed by atoms with Crippen LogP contribution in [0.5, 0.6) is 0 Å². The van der Waals surface area contributed by atoms with Gasteiger partial charge in [-0.15, -0.1) is 0 Å². The molecule has 10 heteroatoms. The molecule has 0 aliphatic carbocycles. The first kappa shape index (κ1) is 28.8. The molecule has 0 saturated heterocycles. The fraction of sp³-hybridized carbons (Fsp3) is 0.214. The summed E-state index contributed by atoms with van der Waals surface area (Å²) in [5.41, 5.74) is 3.08. The number of imidazole rings is 1. The molecule has 198 valence electrons. The maximum absolute atomic E-state index is 13.0. The second-order valence-electron chi connectivity index (χ2n) is 8.84. The molecule has 4 rings (SSSR count). The number of amides is 1. The monoisotopic (exact) mass is 610 g/mol. The number of hydrogen-bond donors (Lipinski definition) is 1. The molecular formula is C28H25Cl5N3O2+. The molecule has 1 heterocycles. The summed E-state index contributed by atoms with van der Waals surface area (Å²) in [5, 5.41) is 5.66. The summed E-state index contributed by atoms with van der Waals surface area (Å²) in [4.78, 5) is 13.0. The molecule has 0 saturated carbocycles. The summed E-state index contributed by atoms with van der Waals surface area (Å²) < 4.78 is 10.1. The molecule has 0 fully saturated rings. The number of ether oxygens (including phenoxy) is 1. The van der Waals surface area contributed by atoms with Crippen molar-refractivity contribution >= 4 is 69.6 Å². The predicted octanol–water partition coefficient (Wildman–Crippen LogP) is 8.51. The van der Waals surface area contributed by atoms with Crippen LogP contribution in [0.1, 0.15) is 35.8 Å². The zero-order valence-corrected chi connectivity index (χ0v) is 24.4. The summed E-state index contributed by atoms with van der Waals surface area (Å²) in [5.74, 6) is -0.163. The van der Waals surface area contributed by atoms with E-state index in [1.165, 1.54) is 0 Å². The summed E-state index contributed by atoms with van der Waals surface area (Å²) in [7, 11) is 0. The van der Waals surface area contributed by atoms with Gasteiger partial charge in [0, 0.05) is 36.4 Å². The highest BCUT2D eigenvalue weighted by Crippen LogP contribution is 2.31. The van der Waals surface area contributed by atoms with Crippen molar-refractivity contribution in [1.82, 2.24) is 4.57 Å². The minimum Gasteiger partial charge on any atom is -0.365 e. The molecule has 0 aliphatic rings. The van der Waals surface area contributed by atoms with Crippen LogP contribution in [-0.2, 0) is 22.7 Å². The van der Waals surface area contributed by atoms with E-state index in [1.807, 2.05) is 59.9 Å². The number of halogens is 5. The molecule has 1 aromatic heterocycles. The first-order valence-electron chi connectivity index (χ1n) is 11.8. The number of nitrogens with one attached hydrogen (secondary N) is 1. The molecule has 4 aromatic rings. The number of nitrogens with zero attached hydrogens (tertiary/aromatic N) is 2. The van der Waals surface area contributed by atoms with Crippen LogP contribution in [0.3, 0.4) is 0 Å². The van der Waals surface area contributed by atoms with Gasteiger partial charge in [-0.3, -0.25) is 4.79 Å². The van der Waals surface area contributed by atoms with Crippen molar-refractivity contribution in [2.75, 3.05) is 5.32 Å². The molecule has 0 radical (unpaired) electrons. The summed E-state index contributed by atoms with van der Waals surface area (Å²) in [6, 6.07) is 15.5. The maximum Gasteiger partial charge on any atom is 0.269 e. The molecule has 0 bridgehead atoms. The number of benzene rings is 3. The van der Waals surface area contributed by atoms with Crippen molar-refractivity contribution in [1.29, 1.82) is 0 Å². The fourth-order valence-corrected chi connectivity index (χ4v) is 5.06. The van der Waals surface area contributed by atoms with Gasteiger partial charge in [0.2, 0.25) is 6.33 Å². The van der Waals surface area contributed by atoms with Gasteiger partial charge in [0.1, 0.15) is 25.0 Å². The van der Waals surface area contributed by atoms with Crippen LogP contribution in [-0.4, -0.2) is 10.5 Å². The van der Waals surface area contributed by atoms with Gasteiger partial charge in [-0.25, -0.2) is 9.13 Å². The van der Waals surface area contributed by atoms with Crippen LogP contribution >= 0.6 is 58.0 Å². The average Bonchev–Trinajstić information content (AvgIpc) is 3.33. The van der Waals surface area contributed by atoms with Crippen molar-refractivity contribution in [2.24, 2.45) is 0 Å². The van der Waals surface area contributed by atoms with Gasteiger partial charge < -0.3 is 10.1 Å². The Kier molecular flexibility index (Phi) is 9.64. The molecule has 0 aliphatic heterocycles. The van der Waals surface area contributed by atoms with E-state index in [9.17, 15) is 4.79 Å². The van der Waals surface area contributed by atoms with E-state index in [2.05, 4.69) is 5.32 Å². The Morgan fingerprint density at radius 1 is 0.974 bits per heavy atom. The summed E-state index contributed by atoms with van der Waals surface area (Å²) in [6.07, 6.45) is 5.14. The Balaban J connectivity index is 1.51. The zero-order chi connectivity index (χ0) is 27.4. The van der Waals surface area contributed by atoms with E-state index < -0.39 is 12.1 Å². The van der Waals surface area contributed by atoms with Gasteiger partial charge in [0.05, 0.1) is 6.61 Å². The van der Waals surface area contributed by atoms with E-state index in [4.69, 9.17) is 62.7 Å². The Morgan fingerprint density at radius 3 is 2.39 bits per heavy atom. The van der Waals surface area contributed by atoms with Crippen molar-refractivity contribution in [3.63, 3.8) is 0 Å². The third-order valence-electron chi connectivity index (χ3n) is 6.21. The lowest BCUT2D eigenvalue weighted by Gasteiger charge is -2.19. The Morgan fingerprint density at radius 2 is 1.68 bits per heavy atom. The maximum atomic E-state index is 13.0. The molecule has 38 heavy (non-hydrogen) atoms. The van der Waals surface area contributed by atoms with Gasteiger partial charge in [-0.05, 0) is 61.4 Å². The molecule has 0 spiro atoms. The first-order valence-corrected chi connectivity index (χ1v) is 13.6. The van der Waals surface area contributed by atoms with Crippen molar-refractivity contribution in [2.45, 2.75) is 39.1 Å². The molecule has 5 nitrogen and oxygen atoms in total. The Bertz CT molecular complexity index is 1460. The first-order chi connectivity index (χ1) is 18.1. The van der Waals surface area contributed by atoms with E-state index >= 15 is 0 Å². The standard InChI is InChI=1S/C28H24Cl5N3O2/c1-17-23(31)4-3-5-26(17)34-28(37)18(2)36-11-10-35(16-36)14-27(22-9-8-21(30)13-25(22)33)38-15-19-6-7-20(29)12-24(19)32/h3-13,16,18,27H,14-15H2,1-2H3/p+1. The van der Waals surface area contributed by atoms with Gasteiger partial charge in [0.25, 0.3) is 5.91 Å². The molecule has 2 atom stereocenters. The van der Waals surface area contributed by atoms with Crippen LogP contribution in [0.25, 0.3) is 0 Å². The lowest BCUT2D eigenvalue weighted by Crippen LogP contribution is -2.36.